The molecule has 0 fully saturated rings. The zero-order valence-corrected chi connectivity index (χ0v) is 9.84. The van der Waals surface area contributed by atoms with Gasteiger partial charge in [0.2, 0.25) is 0 Å². The molecule has 0 spiro atoms. The molecule has 5 heteroatoms. The van der Waals surface area contributed by atoms with E-state index in [0.717, 1.165) is 10.6 Å². The minimum atomic E-state index is -0.0243. The number of rotatable bonds is 1. The van der Waals surface area contributed by atoms with Crippen molar-refractivity contribution in [2.24, 2.45) is 0 Å². The predicted molar refractivity (Wildman–Crippen MR) is 61.9 cm³/mol. The Balaban J connectivity index is 2.52. The molecule has 0 N–H and O–H groups in total. The van der Waals surface area contributed by atoms with E-state index in [9.17, 15) is 4.79 Å². The van der Waals surface area contributed by atoms with Crippen LogP contribution in [0.2, 0.25) is 0 Å². The van der Waals surface area contributed by atoms with E-state index in [-0.39, 0.29) is 5.91 Å². The summed E-state index contributed by atoms with van der Waals surface area (Å²) in [6.07, 6.45) is 0. The Morgan fingerprint density at radius 3 is 2.79 bits per heavy atom. The molecular formula is C9H7NOS3. The van der Waals surface area contributed by atoms with Gasteiger partial charge in [-0.1, -0.05) is 6.07 Å². The van der Waals surface area contributed by atoms with Gasteiger partial charge in [-0.2, -0.15) is 0 Å². The molecule has 0 bridgehead atoms. The number of carbonyl (C=O) groups is 1. The molecule has 0 radical (unpaired) electrons. The maximum Gasteiger partial charge on any atom is 0.273 e. The fourth-order valence-electron chi connectivity index (χ4n) is 1.14. The molecule has 0 saturated carbocycles. The Morgan fingerprint density at radius 2 is 2.29 bits per heavy atom. The van der Waals surface area contributed by atoms with Crippen molar-refractivity contribution in [3.05, 3.63) is 37.4 Å². The second kappa shape index (κ2) is 3.76. The minimum absolute atomic E-state index is 0.0243. The number of aryl methyl sites for hydroxylation is 1. The van der Waals surface area contributed by atoms with Crippen molar-refractivity contribution >= 4 is 40.8 Å². The van der Waals surface area contributed by atoms with Gasteiger partial charge in [0.25, 0.3) is 5.91 Å². The molecule has 2 aromatic heterocycles. The average molecular weight is 241 g/mol. The highest BCUT2D eigenvalue weighted by Crippen LogP contribution is 2.16. The van der Waals surface area contributed by atoms with E-state index in [1.165, 1.54) is 22.7 Å². The second-order valence-corrected chi connectivity index (χ2v) is 5.21. The van der Waals surface area contributed by atoms with Crippen LogP contribution >= 0.6 is 34.9 Å². The second-order valence-electron chi connectivity index (χ2n) is 2.76. The highest BCUT2D eigenvalue weighted by Gasteiger charge is 2.12. The lowest BCUT2D eigenvalue weighted by Crippen LogP contribution is -2.11. The Morgan fingerprint density at radius 1 is 1.50 bits per heavy atom. The van der Waals surface area contributed by atoms with Gasteiger partial charge in [0, 0.05) is 11.1 Å². The van der Waals surface area contributed by atoms with Gasteiger partial charge in [-0.3, -0.25) is 9.36 Å². The van der Waals surface area contributed by atoms with Crippen LogP contribution in [0, 0.1) is 10.9 Å². The molecule has 2 nitrogen and oxygen atoms in total. The average Bonchev–Trinajstić information content (AvgIpc) is 2.75. The van der Waals surface area contributed by atoms with Gasteiger partial charge in [0.05, 0.1) is 4.88 Å². The van der Waals surface area contributed by atoms with Gasteiger partial charge in [0.15, 0.2) is 3.95 Å². The quantitative estimate of drug-likeness (QED) is 0.714. The minimum Gasteiger partial charge on any atom is -0.267 e. The first-order valence-electron chi connectivity index (χ1n) is 3.95. The summed E-state index contributed by atoms with van der Waals surface area (Å²) in [5, 5.41) is 3.78. The van der Waals surface area contributed by atoms with E-state index in [1.54, 1.807) is 4.57 Å². The highest BCUT2D eigenvalue weighted by atomic mass is 32.1. The Hall–Kier alpha value is -0.780. The van der Waals surface area contributed by atoms with Gasteiger partial charge in [-0.15, -0.1) is 22.7 Å². The topological polar surface area (TPSA) is 22.0 Å². The fraction of sp³-hybridized carbons (Fsp3) is 0.111. The number of thiazole rings is 1. The standard InChI is InChI=1S/C9H7NOS3/c1-6-5-14-9(12)10(6)8(11)7-3-2-4-13-7/h2-5H,1H3. The SMILES string of the molecule is Cc1csc(=S)n1C(=O)c1cccs1. The first-order chi connectivity index (χ1) is 6.70. The van der Waals surface area contributed by atoms with Crippen LogP contribution in [0.15, 0.2) is 22.9 Å². The third-order valence-electron chi connectivity index (χ3n) is 1.80. The molecule has 14 heavy (non-hydrogen) atoms. The molecular weight excluding hydrogens is 234 g/mol. The van der Waals surface area contributed by atoms with Crippen LogP contribution in [0.3, 0.4) is 0 Å². The van der Waals surface area contributed by atoms with E-state index < -0.39 is 0 Å². The smallest absolute Gasteiger partial charge is 0.267 e. The summed E-state index contributed by atoms with van der Waals surface area (Å²) >= 11 is 7.94. The van der Waals surface area contributed by atoms with Crippen molar-refractivity contribution in [3.8, 4) is 0 Å². The van der Waals surface area contributed by atoms with Crippen molar-refractivity contribution < 1.29 is 4.79 Å². The fourth-order valence-corrected chi connectivity index (χ4v) is 2.87. The van der Waals surface area contributed by atoms with E-state index in [0.29, 0.717) is 3.95 Å². The normalized spacial score (nSPS) is 10.4. The van der Waals surface area contributed by atoms with Crippen molar-refractivity contribution in [1.82, 2.24) is 4.57 Å². The van der Waals surface area contributed by atoms with Gasteiger partial charge >= 0.3 is 0 Å². The van der Waals surface area contributed by atoms with E-state index in [2.05, 4.69) is 0 Å². The molecule has 0 amide bonds. The monoisotopic (exact) mass is 241 g/mol. The zero-order valence-electron chi connectivity index (χ0n) is 7.39. The summed E-state index contributed by atoms with van der Waals surface area (Å²) in [6.45, 7) is 1.89. The summed E-state index contributed by atoms with van der Waals surface area (Å²) in [5.74, 6) is -0.0243. The first-order valence-corrected chi connectivity index (χ1v) is 6.12. The molecule has 0 aliphatic heterocycles. The third-order valence-corrected chi connectivity index (χ3v) is 3.97. The number of aromatic nitrogens is 1. The molecule has 0 atom stereocenters. The number of hydrogen-bond acceptors (Lipinski definition) is 4. The van der Waals surface area contributed by atoms with Crippen molar-refractivity contribution in [2.75, 3.05) is 0 Å². The Labute approximate surface area is 94.4 Å². The molecule has 0 saturated heterocycles. The largest absolute Gasteiger partial charge is 0.273 e. The Bertz CT molecular complexity index is 506. The van der Waals surface area contributed by atoms with Crippen LogP contribution in [0.5, 0.6) is 0 Å². The predicted octanol–water partition coefficient (Wildman–Crippen LogP) is 3.34. The van der Waals surface area contributed by atoms with Crippen LogP contribution in [-0.4, -0.2) is 10.5 Å². The van der Waals surface area contributed by atoms with Crippen molar-refractivity contribution in [3.63, 3.8) is 0 Å². The number of nitrogens with zero attached hydrogens (tertiary/aromatic N) is 1. The van der Waals surface area contributed by atoms with Gasteiger partial charge in [0.1, 0.15) is 0 Å². The molecule has 0 aliphatic carbocycles. The lowest BCUT2D eigenvalue weighted by molar-refractivity contribution is 0.0961. The lowest BCUT2D eigenvalue weighted by Gasteiger charge is -2.00. The van der Waals surface area contributed by atoms with Gasteiger partial charge in [-0.25, -0.2) is 0 Å². The molecule has 2 aromatic rings. The van der Waals surface area contributed by atoms with Crippen LogP contribution < -0.4 is 0 Å². The maximum absolute atomic E-state index is 11.9. The van der Waals surface area contributed by atoms with Crippen molar-refractivity contribution in [1.29, 1.82) is 0 Å². The van der Waals surface area contributed by atoms with E-state index in [1.807, 2.05) is 29.8 Å². The summed E-state index contributed by atoms with van der Waals surface area (Å²) in [6, 6.07) is 3.68. The molecule has 2 rings (SSSR count). The molecule has 0 unspecified atom stereocenters. The van der Waals surface area contributed by atoms with Crippen LogP contribution in [0.25, 0.3) is 0 Å². The van der Waals surface area contributed by atoms with Gasteiger partial charge in [-0.05, 0) is 30.6 Å². The maximum atomic E-state index is 11.9. The Kier molecular flexibility index (Phi) is 2.62. The van der Waals surface area contributed by atoms with E-state index >= 15 is 0 Å². The first kappa shape index (κ1) is 9.76. The molecule has 2 heterocycles. The number of thiophene rings is 1. The van der Waals surface area contributed by atoms with Crippen molar-refractivity contribution in [2.45, 2.75) is 6.92 Å². The molecule has 0 aliphatic rings. The van der Waals surface area contributed by atoms with Crippen LogP contribution in [-0.2, 0) is 0 Å². The lowest BCUT2D eigenvalue weighted by atomic mass is 10.4. The van der Waals surface area contributed by atoms with E-state index in [4.69, 9.17) is 12.2 Å². The summed E-state index contributed by atoms with van der Waals surface area (Å²) < 4.78 is 2.19. The van der Waals surface area contributed by atoms with Crippen LogP contribution in [0.1, 0.15) is 15.4 Å². The summed E-state index contributed by atoms with van der Waals surface area (Å²) in [4.78, 5) is 12.6. The third kappa shape index (κ3) is 1.58. The number of carbonyl (C=O) groups excluding carboxylic acids is 1. The van der Waals surface area contributed by atoms with Gasteiger partial charge < -0.3 is 0 Å². The summed E-state index contributed by atoms with van der Waals surface area (Å²) in [5.41, 5.74) is 0.901. The number of hydrogen-bond donors (Lipinski definition) is 0. The van der Waals surface area contributed by atoms with Crippen LogP contribution in [0.4, 0.5) is 0 Å². The zero-order chi connectivity index (χ0) is 10.1. The highest BCUT2D eigenvalue weighted by molar-refractivity contribution is 7.73. The molecule has 72 valence electrons. The summed E-state index contributed by atoms with van der Waals surface area (Å²) in [7, 11) is 0. The molecule has 0 aromatic carbocycles.